The van der Waals surface area contributed by atoms with Crippen molar-refractivity contribution in [3.63, 3.8) is 0 Å². The molecule has 1 aliphatic heterocycles. The van der Waals surface area contributed by atoms with Crippen LogP contribution < -0.4 is 10.6 Å². The maximum atomic E-state index is 5.98. The van der Waals surface area contributed by atoms with Crippen LogP contribution in [0.2, 0.25) is 0 Å². The molecule has 0 spiro atoms. The van der Waals surface area contributed by atoms with E-state index in [0.29, 0.717) is 6.04 Å². The predicted octanol–water partition coefficient (Wildman–Crippen LogP) is 4.75. The molecule has 7 heteroatoms. The van der Waals surface area contributed by atoms with Crippen molar-refractivity contribution in [1.82, 2.24) is 19.8 Å². The topological polar surface area (TPSA) is 64.4 Å². The molecule has 6 rings (SSSR count). The highest BCUT2D eigenvalue weighted by Crippen LogP contribution is 2.34. The minimum absolute atomic E-state index is 0.628. The summed E-state index contributed by atoms with van der Waals surface area (Å²) in [6, 6.07) is 16.0. The van der Waals surface area contributed by atoms with E-state index in [9.17, 15) is 0 Å². The van der Waals surface area contributed by atoms with Gasteiger partial charge in [-0.15, -0.1) is 11.3 Å². The van der Waals surface area contributed by atoms with E-state index in [1.807, 2.05) is 0 Å². The number of H-pyrrole nitrogens is 1. The molecule has 0 bridgehead atoms. The maximum absolute atomic E-state index is 5.98. The average molecular weight is 489 g/mol. The van der Waals surface area contributed by atoms with Gasteiger partial charge in [0.05, 0.1) is 5.69 Å². The van der Waals surface area contributed by atoms with E-state index in [1.165, 1.54) is 57.5 Å². The third-order valence-corrected chi connectivity index (χ3v) is 8.83. The number of hydrogen-bond donors (Lipinski definition) is 2. The number of aryl methyl sites for hydroxylation is 1. The third-order valence-electron chi connectivity index (χ3n) is 7.88. The summed E-state index contributed by atoms with van der Waals surface area (Å²) in [6.07, 6.45) is 4.60. The van der Waals surface area contributed by atoms with Gasteiger partial charge in [0, 0.05) is 77.7 Å². The second-order valence-corrected chi connectivity index (χ2v) is 11.2. The molecule has 2 aliphatic rings. The number of rotatable bonds is 7. The van der Waals surface area contributed by atoms with Crippen molar-refractivity contribution in [3.05, 3.63) is 53.0 Å². The number of hydrogen-bond acceptors (Lipinski definition) is 6. The van der Waals surface area contributed by atoms with Crippen LogP contribution in [0.4, 0.5) is 10.8 Å². The minimum atomic E-state index is 0.628. The van der Waals surface area contributed by atoms with E-state index in [2.05, 4.69) is 74.1 Å². The number of aromatic amines is 1. The Labute approximate surface area is 211 Å². The van der Waals surface area contributed by atoms with Gasteiger partial charge in [-0.3, -0.25) is 9.80 Å². The number of anilines is 2. The van der Waals surface area contributed by atoms with Crippen LogP contribution in [0.5, 0.6) is 0 Å². The Morgan fingerprint density at radius 1 is 1.06 bits per heavy atom. The summed E-state index contributed by atoms with van der Waals surface area (Å²) in [5.74, 6) is 0. The van der Waals surface area contributed by atoms with Gasteiger partial charge in [0.2, 0.25) is 0 Å². The van der Waals surface area contributed by atoms with Crippen LogP contribution in [0.1, 0.15) is 30.3 Å². The Hall–Kier alpha value is -2.61. The quantitative estimate of drug-likeness (QED) is 0.393. The maximum Gasteiger partial charge on any atom is 0.180 e. The van der Waals surface area contributed by atoms with Crippen molar-refractivity contribution < 1.29 is 0 Å². The van der Waals surface area contributed by atoms with Crippen LogP contribution >= 0.6 is 11.3 Å². The van der Waals surface area contributed by atoms with E-state index < -0.39 is 0 Å². The van der Waals surface area contributed by atoms with Gasteiger partial charge in [0.1, 0.15) is 0 Å². The van der Waals surface area contributed by atoms with E-state index in [0.717, 1.165) is 57.2 Å². The number of nitrogen functional groups attached to an aromatic ring is 1. The number of fused-ring (bicyclic) bond motifs is 4. The first-order valence-electron chi connectivity index (χ1n) is 13.1. The second kappa shape index (κ2) is 9.80. The lowest BCUT2D eigenvalue weighted by Crippen LogP contribution is -2.50. The summed E-state index contributed by atoms with van der Waals surface area (Å²) < 4.78 is 0. The highest BCUT2D eigenvalue weighted by molar-refractivity contribution is 7.15. The van der Waals surface area contributed by atoms with Crippen molar-refractivity contribution >= 4 is 44.0 Å². The summed E-state index contributed by atoms with van der Waals surface area (Å²) in [7, 11) is 0. The summed E-state index contributed by atoms with van der Waals surface area (Å²) in [5, 5.41) is 3.43. The monoisotopic (exact) mass is 488 g/mol. The summed E-state index contributed by atoms with van der Waals surface area (Å²) >= 11 is 1.70. The number of nitrogens with one attached hydrogen (secondary N) is 1. The zero-order chi connectivity index (χ0) is 23.8. The van der Waals surface area contributed by atoms with Gasteiger partial charge >= 0.3 is 0 Å². The van der Waals surface area contributed by atoms with Crippen LogP contribution in [-0.2, 0) is 12.8 Å². The predicted molar refractivity (Wildman–Crippen MR) is 149 cm³/mol. The standard InChI is InChI=1S/C28H36N6S/c1-2-12-33(20-10-11-23-26(19-20)35-28(29)31-23)16-13-32-14-17-34(18-15-32)25-9-5-8-24-27(25)21-6-3-4-7-22(21)30-24/h3-9,20,30H,2,10-19H2,1H3,(H2,29,31). The molecule has 1 fully saturated rings. The van der Waals surface area contributed by atoms with E-state index in [4.69, 9.17) is 5.73 Å². The normalized spacial score (nSPS) is 19.1. The van der Waals surface area contributed by atoms with Crippen LogP contribution in [0.25, 0.3) is 21.8 Å². The third kappa shape index (κ3) is 4.53. The molecule has 0 radical (unpaired) electrons. The Balaban J connectivity index is 1.09. The Kier molecular flexibility index (Phi) is 6.39. The lowest BCUT2D eigenvalue weighted by molar-refractivity contribution is 0.146. The molecule has 3 heterocycles. The second-order valence-electron chi connectivity index (χ2n) is 10.1. The minimum Gasteiger partial charge on any atom is -0.375 e. The van der Waals surface area contributed by atoms with Gasteiger partial charge in [0.25, 0.3) is 0 Å². The summed E-state index contributed by atoms with van der Waals surface area (Å²) in [5.41, 5.74) is 11.1. The van der Waals surface area contributed by atoms with Crippen molar-refractivity contribution in [3.8, 4) is 0 Å². The van der Waals surface area contributed by atoms with Crippen molar-refractivity contribution in [2.45, 2.75) is 38.6 Å². The number of benzene rings is 2. The largest absolute Gasteiger partial charge is 0.375 e. The Morgan fingerprint density at radius 2 is 1.89 bits per heavy atom. The molecule has 35 heavy (non-hydrogen) atoms. The Morgan fingerprint density at radius 3 is 2.74 bits per heavy atom. The molecular weight excluding hydrogens is 452 g/mol. The smallest absolute Gasteiger partial charge is 0.180 e. The van der Waals surface area contributed by atoms with Crippen molar-refractivity contribution in [2.24, 2.45) is 0 Å². The average Bonchev–Trinajstić information content (AvgIpc) is 3.45. The molecule has 1 unspecified atom stereocenters. The fourth-order valence-corrected chi connectivity index (χ4v) is 7.03. The molecule has 6 nitrogen and oxygen atoms in total. The van der Waals surface area contributed by atoms with Gasteiger partial charge in [-0.2, -0.15) is 0 Å². The van der Waals surface area contributed by atoms with Crippen LogP contribution in [0.15, 0.2) is 42.5 Å². The zero-order valence-electron chi connectivity index (χ0n) is 20.7. The number of para-hydroxylation sites is 1. The van der Waals surface area contributed by atoms with E-state index in [-0.39, 0.29) is 0 Å². The molecule has 1 saturated heterocycles. The molecule has 3 N–H and O–H groups in total. The lowest BCUT2D eigenvalue weighted by Gasteiger charge is -2.39. The Bertz CT molecular complexity index is 1300. The van der Waals surface area contributed by atoms with Gasteiger partial charge in [-0.25, -0.2) is 4.98 Å². The summed E-state index contributed by atoms with van der Waals surface area (Å²) in [6.45, 7) is 10.2. The lowest BCUT2D eigenvalue weighted by atomic mass is 9.96. The SMILES string of the molecule is CCCN(CCN1CCN(c2cccc3[nH]c4ccccc4c23)CC1)C1CCc2nc(N)sc2C1. The highest BCUT2D eigenvalue weighted by Gasteiger charge is 2.27. The molecule has 0 amide bonds. The van der Waals surface area contributed by atoms with E-state index >= 15 is 0 Å². The molecule has 4 aromatic rings. The fraction of sp³-hybridized carbons (Fsp3) is 0.464. The van der Waals surface area contributed by atoms with Crippen LogP contribution in [-0.4, -0.2) is 71.6 Å². The van der Waals surface area contributed by atoms with Crippen LogP contribution in [0, 0.1) is 0 Å². The number of aromatic nitrogens is 2. The van der Waals surface area contributed by atoms with Gasteiger partial charge in [0.15, 0.2) is 5.13 Å². The first kappa shape index (κ1) is 22.8. The van der Waals surface area contributed by atoms with Gasteiger partial charge in [-0.05, 0) is 50.4 Å². The van der Waals surface area contributed by atoms with Crippen molar-refractivity contribution in [2.75, 3.05) is 56.4 Å². The van der Waals surface area contributed by atoms with Crippen molar-refractivity contribution in [1.29, 1.82) is 0 Å². The van der Waals surface area contributed by atoms with E-state index in [1.54, 1.807) is 11.3 Å². The molecule has 1 atom stereocenters. The fourth-order valence-electron chi connectivity index (χ4n) is 6.08. The summed E-state index contributed by atoms with van der Waals surface area (Å²) in [4.78, 5) is 17.5. The molecular formula is C28H36N6S. The number of piperazine rings is 1. The highest BCUT2D eigenvalue weighted by atomic mass is 32.1. The number of thiazole rings is 1. The van der Waals surface area contributed by atoms with Gasteiger partial charge < -0.3 is 15.6 Å². The molecule has 2 aromatic heterocycles. The number of nitrogens with two attached hydrogens (primary N) is 1. The van der Waals surface area contributed by atoms with Gasteiger partial charge in [-0.1, -0.05) is 31.2 Å². The van der Waals surface area contributed by atoms with Crippen LogP contribution in [0.3, 0.4) is 0 Å². The molecule has 2 aromatic carbocycles. The first-order chi connectivity index (χ1) is 17.2. The number of nitrogens with zero attached hydrogens (tertiary/aromatic N) is 4. The molecule has 184 valence electrons. The molecule has 0 saturated carbocycles. The molecule has 1 aliphatic carbocycles. The first-order valence-corrected chi connectivity index (χ1v) is 14.0. The zero-order valence-corrected chi connectivity index (χ0v) is 21.5.